The van der Waals surface area contributed by atoms with Gasteiger partial charge in [-0.15, -0.1) is 11.3 Å². The second-order valence-corrected chi connectivity index (χ2v) is 15.8. The highest BCUT2D eigenvalue weighted by Crippen LogP contribution is 2.48. The van der Waals surface area contributed by atoms with Crippen molar-refractivity contribution in [3.05, 3.63) is 94.4 Å². The quantitative estimate of drug-likeness (QED) is 0.146. The first-order valence-electron chi connectivity index (χ1n) is 11.9. The van der Waals surface area contributed by atoms with Gasteiger partial charge in [0.15, 0.2) is 21.3 Å². The van der Waals surface area contributed by atoms with Gasteiger partial charge >= 0.3 is 7.60 Å². The standard InChI is InChI=1S/C26H18F2N3O9PS3/c27-22-9-18(3-1-16(22)12-29)39-41(34,40-19-4-2-17(13-30)23(28)10-19)15-31-44(37,38)26-8-5-20(42-26)14-43(35,36)21-6-7-24(32)25(33)11-21/h1-11,31-33H,14-15H2. The molecule has 0 saturated carbocycles. The summed E-state index contributed by atoms with van der Waals surface area (Å²) in [6.45, 7) is 0. The maximum atomic E-state index is 14.2. The molecule has 228 valence electrons. The van der Waals surface area contributed by atoms with Crippen molar-refractivity contribution in [1.29, 1.82) is 10.5 Å². The summed E-state index contributed by atoms with van der Waals surface area (Å²) >= 11 is 0.566. The fourth-order valence-corrected chi connectivity index (χ4v) is 9.58. The predicted octanol–water partition coefficient (Wildman–Crippen LogP) is 4.74. The molecule has 4 aromatic rings. The van der Waals surface area contributed by atoms with E-state index in [1.807, 2.05) is 4.72 Å². The number of rotatable bonds is 11. The molecule has 1 aromatic heterocycles. The van der Waals surface area contributed by atoms with Crippen molar-refractivity contribution in [2.75, 3.05) is 6.29 Å². The van der Waals surface area contributed by atoms with Crippen molar-refractivity contribution >= 4 is 38.8 Å². The largest absolute Gasteiger partial charge is 0.504 e. The molecule has 0 aliphatic heterocycles. The van der Waals surface area contributed by atoms with Crippen LogP contribution in [0.3, 0.4) is 0 Å². The SMILES string of the molecule is N#Cc1ccc(OP(=O)(CNS(=O)(=O)c2ccc(CS(=O)(=O)c3ccc(O)c(O)c3)s2)Oc2ccc(C#N)c(F)c2)cc1F. The van der Waals surface area contributed by atoms with Crippen molar-refractivity contribution in [2.24, 2.45) is 0 Å². The van der Waals surface area contributed by atoms with Gasteiger partial charge < -0.3 is 19.3 Å². The summed E-state index contributed by atoms with van der Waals surface area (Å²) in [5, 5.41) is 36.9. The lowest BCUT2D eigenvalue weighted by Gasteiger charge is -2.20. The lowest BCUT2D eigenvalue weighted by atomic mass is 10.2. The lowest BCUT2D eigenvalue weighted by Crippen LogP contribution is -2.26. The Morgan fingerprint density at radius 2 is 1.39 bits per heavy atom. The van der Waals surface area contributed by atoms with Gasteiger partial charge in [0.1, 0.15) is 45.8 Å². The van der Waals surface area contributed by atoms with Crippen LogP contribution in [0.15, 0.2) is 75.8 Å². The molecule has 0 aliphatic rings. The molecule has 0 bridgehead atoms. The van der Waals surface area contributed by atoms with E-state index in [0.717, 1.165) is 48.5 Å². The predicted molar refractivity (Wildman–Crippen MR) is 151 cm³/mol. The summed E-state index contributed by atoms with van der Waals surface area (Å²) in [6.07, 6.45) is -1.07. The average molecular weight is 682 g/mol. The molecule has 4 rings (SSSR count). The van der Waals surface area contributed by atoms with Gasteiger partial charge in [-0.2, -0.15) is 15.2 Å². The molecule has 0 amide bonds. The lowest BCUT2D eigenvalue weighted by molar-refractivity contribution is 0.382. The number of phenolic OH excluding ortho intramolecular Hbond substituents is 2. The topological polar surface area (TPSA) is 204 Å². The van der Waals surface area contributed by atoms with Gasteiger partial charge in [-0.25, -0.2) is 30.2 Å². The van der Waals surface area contributed by atoms with Crippen LogP contribution in [0.2, 0.25) is 0 Å². The van der Waals surface area contributed by atoms with Crippen LogP contribution in [-0.4, -0.2) is 33.3 Å². The molecule has 3 aromatic carbocycles. The molecule has 0 unspecified atom stereocenters. The van der Waals surface area contributed by atoms with Crippen molar-refractivity contribution in [2.45, 2.75) is 14.9 Å². The van der Waals surface area contributed by atoms with E-state index in [1.165, 1.54) is 6.07 Å². The third-order valence-corrected chi connectivity index (χ3v) is 12.2. The van der Waals surface area contributed by atoms with E-state index in [4.69, 9.17) is 19.6 Å². The third-order valence-electron chi connectivity index (χ3n) is 5.60. The molecule has 1 heterocycles. The van der Waals surface area contributed by atoms with E-state index in [-0.39, 0.29) is 20.9 Å². The van der Waals surface area contributed by atoms with Crippen molar-refractivity contribution in [1.82, 2.24) is 4.72 Å². The van der Waals surface area contributed by atoms with Crippen molar-refractivity contribution in [3.8, 4) is 35.1 Å². The molecule has 44 heavy (non-hydrogen) atoms. The van der Waals surface area contributed by atoms with E-state index >= 15 is 0 Å². The van der Waals surface area contributed by atoms with Gasteiger partial charge in [0.25, 0.3) is 10.0 Å². The highest BCUT2D eigenvalue weighted by atomic mass is 32.2. The second kappa shape index (κ2) is 12.6. The molecule has 0 fully saturated rings. The smallest absolute Gasteiger partial charge is 0.445 e. The normalized spacial score (nSPS) is 11.8. The first-order chi connectivity index (χ1) is 20.6. The number of hydrogen-bond donors (Lipinski definition) is 3. The maximum Gasteiger partial charge on any atom is 0.445 e. The molecule has 0 radical (unpaired) electrons. The summed E-state index contributed by atoms with van der Waals surface area (Å²) in [6, 6.07) is 14.0. The molecule has 3 N–H and O–H groups in total. The number of benzene rings is 3. The Morgan fingerprint density at radius 3 is 1.89 bits per heavy atom. The Balaban J connectivity index is 1.57. The summed E-state index contributed by atoms with van der Waals surface area (Å²) in [7, 11) is -13.2. The van der Waals surface area contributed by atoms with Gasteiger partial charge in [0.2, 0.25) is 0 Å². The van der Waals surface area contributed by atoms with Crippen LogP contribution in [0.5, 0.6) is 23.0 Å². The Labute approximate surface area is 253 Å². The van der Waals surface area contributed by atoms with E-state index in [0.29, 0.717) is 23.5 Å². The molecular formula is C26H18F2N3O9PS3. The first-order valence-corrected chi connectivity index (χ1v) is 17.5. The van der Waals surface area contributed by atoms with Crippen LogP contribution in [0.25, 0.3) is 0 Å². The minimum atomic E-state index is -4.67. The fraction of sp³-hybridized carbons (Fsp3) is 0.0769. The van der Waals surface area contributed by atoms with Crippen LogP contribution in [0.1, 0.15) is 16.0 Å². The van der Waals surface area contributed by atoms with Crippen molar-refractivity contribution < 1.29 is 49.4 Å². The Hall–Kier alpha value is -4.51. The Bertz CT molecular complexity index is 2040. The molecule has 0 aliphatic carbocycles. The summed E-state index contributed by atoms with van der Waals surface area (Å²) < 4.78 is 106. The first kappa shape index (κ1) is 32.4. The van der Waals surface area contributed by atoms with E-state index in [9.17, 15) is 40.4 Å². The van der Waals surface area contributed by atoms with Gasteiger partial charge in [-0.1, -0.05) is 0 Å². The maximum absolute atomic E-state index is 14.2. The molecular weight excluding hydrogens is 663 g/mol. The zero-order valence-electron chi connectivity index (χ0n) is 21.8. The van der Waals surface area contributed by atoms with Crippen LogP contribution in [-0.2, 0) is 30.2 Å². The Morgan fingerprint density at radius 1 is 0.818 bits per heavy atom. The molecule has 0 spiro atoms. The molecule has 0 atom stereocenters. The Kier molecular flexibility index (Phi) is 9.29. The minimum absolute atomic E-state index is 0.0785. The highest BCUT2D eigenvalue weighted by molar-refractivity contribution is 7.92. The molecule has 18 heteroatoms. The van der Waals surface area contributed by atoms with Crippen LogP contribution in [0, 0.1) is 34.3 Å². The number of halogens is 2. The van der Waals surface area contributed by atoms with Gasteiger partial charge in [-0.05, 0) is 48.5 Å². The molecule has 0 saturated heterocycles. The second-order valence-electron chi connectivity index (χ2n) is 8.74. The number of nitriles is 2. The summed E-state index contributed by atoms with van der Waals surface area (Å²) in [4.78, 5) is -0.243. The summed E-state index contributed by atoms with van der Waals surface area (Å²) in [5.74, 6) is -4.75. The number of sulfone groups is 1. The van der Waals surface area contributed by atoms with Crippen molar-refractivity contribution in [3.63, 3.8) is 0 Å². The summed E-state index contributed by atoms with van der Waals surface area (Å²) in [5.41, 5.74) is -0.721. The number of sulfonamides is 1. The fourth-order valence-electron chi connectivity index (χ4n) is 3.47. The number of thiophene rings is 1. The molecule has 12 nitrogen and oxygen atoms in total. The monoisotopic (exact) mass is 681 g/mol. The van der Waals surface area contributed by atoms with E-state index in [2.05, 4.69) is 0 Å². The number of nitrogens with one attached hydrogen (secondary N) is 1. The minimum Gasteiger partial charge on any atom is -0.504 e. The zero-order chi connectivity index (χ0) is 32.3. The third kappa shape index (κ3) is 7.52. The highest BCUT2D eigenvalue weighted by Gasteiger charge is 2.32. The van der Waals surface area contributed by atoms with Gasteiger partial charge in [-0.3, -0.25) is 0 Å². The van der Waals surface area contributed by atoms with Crippen LogP contribution in [0.4, 0.5) is 8.78 Å². The number of aromatic hydroxyl groups is 2. The average Bonchev–Trinajstić information content (AvgIpc) is 3.42. The van der Waals surface area contributed by atoms with Crippen LogP contribution >= 0.6 is 18.9 Å². The van der Waals surface area contributed by atoms with E-state index in [1.54, 1.807) is 12.1 Å². The van der Waals surface area contributed by atoms with Gasteiger partial charge in [0.05, 0.1) is 21.8 Å². The number of hydrogen-bond acceptors (Lipinski definition) is 12. The number of phenols is 2. The van der Waals surface area contributed by atoms with Crippen LogP contribution < -0.4 is 13.8 Å². The van der Waals surface area contributed by atoms with Gasteiger partial charge in [0, 0.05) is 23.1 Å². The number of nitrogens with zero attached hydrogens (tertiary/aromatic N) is 2. The van der Waals surface area contributed by atoms with E-state index < -0.39 is 78.3 Å². The zero-order valence-corrected chi connectivity index (χ0v) is 25.2.